The topological polar surface area (TPSA) is 32.3 Å². The highest BCUT2D eigenvalue weighted by Gasteiger charge is 1.94. The van der Waals surface area contributed by atoms with Crippen molar-refractivity contribution in [1.29, 1.82) is 0 Å². The van der Waals surface area contributed by atoms with E-state index in [9.17, 15) is 5.11 Å². The molecular weight excluding hydrogens is 138 g/mol. The minimum Gasteiger partial charge on any atom is -0.508 e. The van der Waals surface area contributed by atoms with E-state index in [-0.39, 0.29) is 0 Å². The summed E-state index contributed by atoms with van der Waals surface area (Å²) in [7, 11) is 0. The zero-order valence-corrected chi connectivity index (χ0v) is 6.89. The molecule has 2 heteroatoms. The van der Waals surface area contributed by atoms with Gasteiger partial charge in [0.2, 0.25) is 0 Å². The van der Waals surface area contributed by atoms with E-state index < -0.39 is 0 Å². The molecular formula is C9H13NO. The van der Waals surface area contributed by atoms with Crippen LogP contribution in [0.3, 0.4) is 0 Å². The number of phenols is 1. The van der Waals surface area contributed by atoms with Gasteiger partial charge in [-0.3, -0.25) is 0 Å². The lowest BCUT2D eigenvalue weighted by Gasteiger charge is -2.04. The van der Waals surface area contributed by atoms with Crippen molar-refractivity contribution in [3.63, 3.8) is 0 Å². The predicted octanol–water partition coefficient (Wildman–Crippen LogP) is 2.13. The molecule has 0 saturated heterocycles. The maximum atomic E-state index is 9.18. The van der Waals surface area contributed by atoms with Crippen molar-refractivity contribution in [2.24, 2.45) is 0 Å². The van der Waals surface area contributed by atoms with E-state index >= 15 is 0 Å². The van der Waals surface area contributed by atoms with Gasteiger partial charge in [-0.25, -0.2) is 0 Å². The van der Waals surface area contributed by atoms with Crippen LogP contribution in [0.5, 0.6) is 5.75 Å². The lowest BCUT2D eigenvalue weighted by atomic mass is 10.2. The first-order chi connectivity index (χ1) is 5.22. The van der Waals surface area contributed by atoms with E-state index in [4.69, 9.17) is 0 Å². The Morgan fingerprint density at radius 3 is 2.64 bits per heavy atom. The minimum atomic E-state index is 0.320. The predicted molar refractivity (Wildman–Crippen MR) is 47.0 cm³/mol. The zero-order chi connectivity index (χ0) is 8.27. The average Bonchev–Trinajstić information content (AvgIpc) is 1.85. The Balaban J connectivity index is 2.89. The van der Waals surface area contributed by atoms with Crippen LogP contribution >= 0.6 is 0 Å². The number of hydrogen-bond acceptors (Lipinski definition) is 2. The molecule has 0 atom stereocenters. The van der Waals surface area contributed by atoms with Gasteiger partial charge >= 0.3 is 0 Å². The molecule has 11 heavy (non-hydrogen) atoms. The number of rotatable bonds is 2. The average molecular weight is 151 g/mol. The SMILES string of the molecule is CCNc1cc(C)cc(O)c1. The van der Waals surface area contributed by atoms with Crippen LogP contribution in [0.1, 0.15) is 12.5 Å². The molecule has 0 aliphatic rings. The van der Waals surface area contributed by atoms with Crippen LogP contribution in [-0.4, -0.2) is 11.7 Å². The third-order valence-corrected chi connectivity index (χ3v) is 1.44. The summed E-state index contributed by atoms with van der Waals surface area (Å²) in [4.78, 5) is 0. The molecule has 2 nitrogen and oxygen atoms in total. The van der Waals surface area contributed by atoms with Gasteiger partial charge in [0.15, 0.2) is 0 Å². The van der Waals surface area contributed by atoms with Gasteiger partial charge in [-0.15, -0.1) is 0 Å². The number of hydrogen-bond donors (Lipinski definition) is 2. The van der Waals surface area contributed by atoms with E-state index in [1.165, 1.54) is 0 Å². The smallest absolute Gasteiger partial charge is 0.117 e. The van der Waals surface area contributed by atoms with Crippen molar-refractivity contribution in [3.05, 3.63) is 23.8 Å². The molecule has 0 saturated carbocycles. The van der Waals surface area contributed by atoms with E-state index in [2.05, 4.69) is 5.32 Å². The standard InChI is InChI=1S/C9H13NO/c1-3-10-8-4-7(2)5-9(11)6-8/h4-6,10-11H,3H2,1-2H3. The summed E-state index contributed by atoms with van der Waals surface area (Å²) in [6.07, 6.45) is 0. The first-order valence-electron chi connectivity index (χ1n) is 3.77. The van der Waals surface area contributed by atoms with Gasteiger partial charge in [0.05, 0.1) is 0 Å². The van der Waals surface area contributed by atoms with Crippen LogP contribution < -0.4 is 5.32 Å². The minimum absolute atomic E-state index is 0.320. The van der Waals surface area contributed by atoms with Gasteiger partial charge in [-0.1, -0.05) is 0 Å². The second-order valence-corrected chi connectivity index (χ2v) is 2.59. The normalized spacial score (nSPS) is 9.64. The van der Waals surface area contributed by atoms with Crippen LogP contribution in [0.25, 0.3) is 0 Å². The first kappa shape index (κ1) is 7.92. The molecule has 1 aromatic rings. The highest BCUT2D eigenvalue weighted by molar-refractivity contribution is 5.50. The summed E-state index contributed by atoms with van der Waals surface area (Å²) in [5.74, 6) is 0.320. The Kier molecular flexibility index (Phi) is 2.36. The number of anilines is 1. The summed E-state index contributed by atoms with van der Waals surface area (Å²) in [5.41, 5.74) is 2.05. The Morgan fingerprint density at radius 2 is 2.09 bits per heavy atom. The fourth-order valence-electron chi connectivity index (χ4n) is 1.07. The number of nitrogens with one attached hydrogen (secondary N) is 1. The first-order valence-corrected chi connectivity index (χ1v) is 3.77. The maximum absolute atomic E-state index is 9.18. The molecule has 1 aromatic carbocycles. The molecule has 0 amide bonds. The molecule has 1 rings (SSSR count). The fourth-order valence-corrected chi connectivity index (χ4v) is 1.07. The summed E-state index contributed by atoms with van der Waals surface area (Å²) < 4.78 is 0. The highest BCUT2D eigenvalue weighted by Crippen LogP contribution is 2.18. The van der Waals surface area contributed by atoms with Crippen LogP contribution in [0.2, 0.25) is 0 Å². The zero-order valence-electron chi connectivity index (χ0n) is 6.89. The van der Waals surface area contributed by atoms with Crippen molar-refractivity contribution < 1.29 is 5.11 Å². The summed E-state index contributed by atoms with van der Waals surface area (Å²) in [5, 5.41) is 12.3. The van der Waals surface area contributed by atoms with E-state index in [0.29, 0.717) is 5.75 Å². The van der Waals surface area contributed by atoms with Crippen LogP contribution in [0.15, 0.2) is 18.2 Å². The monoisotopic (exact) mass is 151 g/mol. The maximum Gasteiger partial charge on any atom is 0.117 e. The van der Waals surface area contributed by atoms with E-state index in [1.807, 2.05) is 19.9 Å². The molecule has 0 aliphatic heterocycles. The van der Waals surface area contributed by atoms with Gasteiger partial charge in [0, 0.05) is 18.3 Å². The Bertz CT molecular complexity index is 225. The Labute approximate surface area is 66.9 Å². The molecule has 0 bridgehead atoms. The third kappa shape index (κ3) is 2.15. The second kappa shape index (κ2) is 3.28. The van der Waals surface area contributed by atoms with Gasteiger partial charge < -0.3 is 10.4 Å². The van der Waals surface area contributed by atoms with E-state index in [1.54, 1.807) is 12.1 Å². The summed E-state index contributed by atoms with van der Waals surface area (Å²) in [6, 6.07) is 5.46. The van der Waals surface area contributed by atoms with E-state index in [0.717, 1.165) is 17.8 Å². The molecule has 0 radical (unpaired) electrons. The summed E-state index contributed by atoms with van der Waals surface area (Å²) in [6.45, 7) is 4.86. The van der Waals surface area contributed by atoms with Gasteiger partial charge in [-0.2, -0.15) is 0 Å². The summed E-state index contributed by atoms with van der Waals surface area (Å²) >= 11 is 0. The van der Waals surface area contributed by atoms with Crippen molar-refractivity contribution >= 4 is 5.69 Å². The molecule has 0 fully saturated rings. The van der Waals surface area contributed by atoms with Crippen molar-refractivity contribution in [2.75, 3.05) is 11.9 Å². The Hall–Kier alpha value is -1.18. The fraction of sp³-hybridized carbons (Fsp3) is 0.333. The molecule has 0 aliphatic carbocycles. The van der Waals surface area contributed by atoms with Crippen LogP contribution in [-0.2, 0) is 0 Å². The van der Waals surface area contributed by atoms with Crippen molar-refractivity contribution in [3.8, 4) is 5.75 Å². The van der Waals surface area contributed by atoms with Crippen LogP contribution in [0.4, 0.5) is 5.69 Å². The lowest BCUT2D eigenvalue weighted by molar-refractivity contribution is 0.475. The molecule has 0 heterocycles. The molecule has 60 valence electrons. The largest absolute Gasteiger partial charge is 0.508 e. The molecule has 2 N–H and O–H groups in total. The number of phenolic OH excluding ortho intramolecular Hbond substituents is 1. The quantitative estimate of drug-likeness (QED) is 0.678. The van der Waals surface area contributed by atoms with Gasteiger partial charge in [0.25, 0.3) is 0 Å². The highest BCUT2D eigenvalue weighted by atomic mass is 16.3. The molecule has 0 unspecified atom stereocenters. The molecule has 0 spiro atoms. The van der Waals surface area contributed by atoms with Crippen LogP contribution in [0, 0.1) is 6.92 Å². The molecule has 0 aromatic heterocycles. The Morgan fingerprint density at radius 1 is 1.36 bits per heavy atom. The van der Waals surface area contributed by atoms with Crippen molar-refractivity contribution in [1.82, 2.24) is 0 Å². The van der Waals surface area contributed by atoms with Crippen molar-refractivity contribution in [2.45, 2.75) is 13.8 Å². The second-order valence-electron chi connectivity index (χ2n) is 2.59. The van der Waals surface area contributed by atoms with Gasteiger partial charge in [0.1, 0.15) is 5.75 Å². The number of aromatic hydroxyl groups is 1. The number of benzene rings is 1. The third-order valence-electron chi connectivity index (χ3n) is 1.44. The number of aryl methyl sites for hydroxylation is 1. The lowest BCUT2D eigenvalue weighted by Crippen LogP contribution is -1.95. The van der Waals surface area contributed by atoms with Gasteiger partial charge in [-0.05, 0) is 31.5 Å².